The fourth-order valence-corrected chi connectivity index (χ4v) is 2.39. The molecular weight excluding hydrogens is 268 g/mol. The van der Waals surface area contributed by atoms with Gasteiger partial charge in [0.1, 0.15) is 4.64 Å². The first kappa shape index (κ1) is 11.9. The number of hydrogen-bond acceptors (Lipinski definition) is 3. The Labute approximate surface area is 104 Å². The van der Waals surface area contributed by atoms with Crippen LogP contribution in [0.1, 0.15) is 10.4 Å². The van der Waals surface area contributed by atoms with E-state index in [4.69, 9.17) is 17.3 Å². The van der Waals surface area contributed by atoms with E-state index >= 15 is 0 Å². The summed E-state index contributed by atoms with van der Waals surface area (Å²) in [7, 11) is 0. The first-order valence-corrected chi connectivity index (χ1v) is 5.62. The number of benzene rings is 1. The molecule has 17 heavy (non-hydrogen) atoms. The largest absolute Gasteiger partial charge is 0.478 e. The topological polar surface area (TPSA) is 53.1 Å². The number of H-pyrrole nitrogens is 1. The fraction of sp³-hybridized carbons (Fsp3) is 0. The molecule has 2 N–H and O–H groups in total. The van der Waals surface area contributed by atoms with Crippen LogP contribution in [-0.2, 0) is 0 Å². The molecule has 0 atom stereocenters. The van der Waals surface area contributed by atoms with Gasteiger partial charge >= 0.3 is 5.97 Å². The minimum Gasteiger partial charge on any atom is -0.478 e. The van der Waals surface area contributed by atoms with Crippen molar-refractivity contribution in [3.05, 3.63) is 40.0 Å². The van der Waals surface area contributed by atoms with E-state index in [1.807, 2.05) is 0 Å². The number of aromatic nitrogens is 1. The highest BCUT2D eigenvalue weighted by atomic mass is 32.1. The number of aromatic amines is 1. The Morgan fingerprint density at radius 1 is 1.29 bits per heavy atom. The minimum atomic E-state index is -1.32. The molecule has 1 aromatic heterocycles. The number of aromatic carboxylic acids is 1. The zero-order valence-electron chi connectivity index (χ0n) is 8.16. The van der Waals surface area contributed by atoms with Crippen LogP contribution in [0.15, 0.2) is 18.2 Å². The van der Waals surface area contributed by atoms with Crippen molar-refractivity contribution in [2.24, 2.45) is 0 Å². The summed E-state index contributed by atoms with van der Waals surface area (Å²) in [5.74, 6) is -3.60. The smallest absolute Gasteiger partial charge is 0.336 e. The van der Waals surface area contributed by atoms with Crippen molar-refractivity contribution >= 4 is 29.7 Å². The van der Waals surface area contributed by atoms with Crippen LogP contribution in [0, 0.1) is 16.3 Å². The molecule has 0 fully saturated rings. The van der Waals surface area contributed by atoms with E-state index in [-0.39, 0.29) is 11.1 Å². The maximum Gasteiger partial charge on any atom is 0.336 e. The second-order valence-electron chi connectivity index (χ2n) is 3.19. The molecule has 1 aromatic carbocycles. The molecule has 0 saturated heterocycles. The van der Waals surface area contributed by atoms with E-state index in [0.29, 0.717) is 15.6 Å². The molecule has 2 rings (SSSR count). The van der Waals surface area contributed by atoms with E-state index in [9.17, 15) is 13.6 Å². The average molecular weight is 273 g/mol. The molecule has 0 bridgehead atoms. The molecule has 0 aliphatic rings. The van der Waals surface area contributed by atoms with Crippen LogP contribution in [0.2, 0.25) is 0 Å². The van der Waals surface area contributed by atoms with Gasteiger partial charge in [0.2, 0.25) is 0 Å². The third kappa shape index (κ3) is 2.25. The van der Waals surface area contributed by atoms with Crippen LogP contribution in [-0.4, -0.2) is 15.4 Å². The van der Waals surface area contributed by atoms with Crippen LogP contribution in [0.4, 0.5) is 8.78 Å². The van der Waals surface area contributed by atoms with Gasteiger partial charge in [-0.2, -0.15) is 0 Å². The highest BCUT2D eigenvalue weighted by Crippen LogP contribution is 2.29. The maximum atomic E-state index is 13.1. The van der Waals surface area contributed by atoms with Crippen LogP contribution in [0.5, 0.6) is 0 Å². The Kier molecular flexibility index (Phi) is 3.03. The molecule has 1 heterocycles. The zero-order chi connectivity index (χ0) is 12.6. The van der Waals surface area contributed by atoms with Crippen molar-refractivity contribution in [3.63, 3.8) is 0 Å². The van der Waals surface area contributed by atoms with Gasteiger partial charge in [0.15, 0.2) is 11.6 Å². The molecule has 3 nitrogen and oxygen atoms in total. The summed E-state index contributed by atoms with van der Waals surface area (Å²) < 4.78 is 29.2. The molecule has 0 aliphatic carbocycles. The van der Waals surface area contributed by atoms with Crippen molar-refractivity contribution in [2.45, 2.75) is 0 Å². The minimum absolute atomic E-state index is 0.105. The standard InChI is InChI=1S/C10H5F2NO2S2/c11-6-1-4(8-3-9(16)13-17-8)5(10(14)15)2-7(6)12/h1-3H,(H,13,16)(H,14,15). The number of nitrogens with one attached hydrogen (secondary N) is 1. The Bertz CT molecular complexity index is 648. The second kappa shape index (κ2) is 4.34. The molecule has 2 aromatic rings. The SMILES string of the molecule is O=C(O)c1cc(F)c(F)cc1-c1cc(=S)[nH]s1. The molecule has 0 spiro atoms. The first-order chi connectivity index (χ1) is 7.99. The zero-order valence-corrected chi connectivity index (χ0v) is 9.79. The lowest BCUT2D eigenvalue weighted by molar-refractivity contribution is 0.0697. The van der Waals surface area contributed by atoms with E-state index in [1.165, 1.54) is 6.07 Å². The molecule has 7 heteroatoms. The van der Waals surface area contributed by atoms with Crippen LogP contribution >= 0.6 is 23.8 Å². The monoisotopic (exact) mass is 273 g/mol. The van der Waals surface area contributed by atoms with Gasteiger partial charge in [-0.25, -0.2) is 13.6 Å². The van der Waals surface area contributed by atoms with E-state index in [1.54, 1.807) is 0 Å². The summed E-state index contributed by atoms with van der Waals surface area (Å²) in [6, 6.07) is 3.02. The molecule has 0 amide bonds. The number of carboxylic acids is 1. The summed E-state index contributed by atoms with van der Waals surface area (Å²) in [4.78, 5) is 11.4. The predicted molar refractivity (Wildman–Crippen MR) is 61.8 cm³/mol. The van der Waals surface area contributed by atoms with Gasteiger partial charge in [-0.05, 0) is 18.2 Å². The van der Waals surface area contributed by atoms with E-state index in [0.717, 1.165) is 17.6 Å². The lowest BCUT2D eigenvalue weighted by Gasteiger charge is -2.04. The highest BCUT2D eigenvalue weighted by molar-refractivity contribution is 7.71. The number of rotatable bonds is 2. The molecule has 0 unspecified atom stereocenters. The third-order valence-corrected chi connectivity index (χ3v) is 3.31. The normalized spacial score (nSPS) is 10.5. The van der Waals surface area contributed by atoms with Gasteiger partial charge in [-0.1, -0.05) is 23.8 Å². The van der Waals surface area contributed by atoms with Crippen molar-refractivity contribution in [1.29, 1.82) is 0 Å². The Hall–Kier alpha value is -1.60. The summed E-state index contributed by atoms with van der Waals surface area (Å²) in [6.45, 7) is 0. The molecule has 88 valence electrons. The number of hydrogen-bond donors (Lipinski definition) is 2. The van der Waals surface area contributed by atoms with E-state index in [2.05, 4.69) is 4.37 Å². The van der Waals surface area contributed by atoms with Gasteiger partial charge in [0.25, 0.3) is 0 Å². The highest BCUT2D eigenvalue weighted by Gasteiger charge is 2.17. The molecule has 0 radical (unpaired) electrons. The Balaban J connectivity index is 2.71. The average Bonchev–Trinajstić information content (AvgIpc) is 2.68. The number of halogens is 2. The lowest BCUT2D eigenvalue weighted by atomic mass is 10.1. The van der Waals surface area contributed by atoms with Crippen LogP contribution in [0.25, 0.3) is 10.4 Å². The van der Waals surface area contributed by atoms with Crippen molar-refractivity contribution in [3.8, 4) is 10.4 Å². The van der Waals surface area contributed by atoms with Gasteiger partial charge in [-0.15, -0.1) is 0 Å². The first-order valence-electron chi connectivity index (χ1n) is 4.40. The van der Waals surface area contributed by atoms with Gasteiger partial charge in [0.05, 0.1) is 10.4 Å². The van der Waals surface area contributed by atoms with Crippen LogP contribution < -0.4 is 0 Å². The van der Waals surface area contributed by atoms with Gasteiger partial charge in [-0.3, -0.25) is 0 Å². The van der Waals surface area contributed by atoms with E-state index < -0.39 is 17.6 Å². The second-order valence-corrected chi connectivity index (χ2v) is 4.48. The maximum absolute atomic E-state index is 13.1. The van der Waals surface area contributed by atoms with Gasteiger partial charge in [0, 0.05) is 5.56 Å². The Morgan fingerprint density at radius 2 is 1.94 bits per heavy atom. The van der Waals surface area contributed by atoms with Crippen molar-refractivity contribution < 1.29 is 18.7 Å². The summed E-state index contributed by atoms with van der Waals surface area (Å²) in [5.41, 5.74) is -0.192. The van der Waals surface area contributed by atoms with Crippen molar-refractivity contribution in [1.82, 2.24) is 4.37 Å². The van der Waals surface area contributed by atoms with Crippen molar-refractivity contribution in [2.75, 3.05) is 0 Å². The molecular formula is C10H5F2NO2S2. The molecule has 0 aliphatic heterocycles. The third-order valence-electron chi connectivity index (χ3n) is 2.08. The summed E-state index contributed by atoms with van der Waals surface area (Å²) >= 11 is 5.91. The molecule has 0 saturated carbocycles. The number of carboxylic acid groups (broad SMARTS) is 1. The van der Waals surface area contributed by atoms with Gasteiger partial charge < -0.3 is 9.48 Å². The summed E-state index contributed by atoms with van der Waals surface area (Å²) in [6.07, 6.45) is 0. The quantitative estimate of drug-likeness (QED) is 0.824. The Morgan fingerprint density at radius 3 is 2.47 bits per heavy atom. The van der Waals surface area contributed by atoms with Crippen LogP contribution in [0.3, 0.4) is 0 Å². The summed E-state index contributed by atoms with van der Waals surface area (Å²) in [5, 5.41) is 8.93. The fourth-order valence-electron chi connectivity index (χ4n) is 1.34. The predicted octanol–water partition coefficient (Wildman–Crippen LogP) is 3.45. The lowest BCUT2D eigenvalue weighted by Crippen LogP contribution is -2.01. The number of carbonyl (C=O) groups is 1.